The van der Waals surface area contributed by atoms with E-state index in [2.05, 4.69) is 18.4 Å². The second-order valence-electron chi connectivity index (χ2n) is 5.14. The fourth-order valence-electron chi connectivity index (χ4n) is 2.75. The fraction of sp³-hybridized carbons (Fsp3) is 1.00. The maximum atomic E-state index is 2.96. The Morgan fingerprint density at radius 3 is 2.53 bits per heavy atom. The maximum absolute atomic E-state index is 2.96. The molecule has 15 heavy (non-hydrogen) atoms. The van der Waals surface area contributed by atoms with Crippen molar-refractivity contribution in [3.05, 3.63) is 0 Å². The molecule has 1 rings (SSSR count). The minimum Gasteiger partial charge on any atom is -0.324 e. The Morgan fingerprint density at radius 2 is 2.00 bits per heavy atom. The summed E-state index contributed by atoms with van der Waals surface area (Å²) in [6.07, 6.45) is 8.83. The van der Waals surface area contributed by atoms with Crippen LogP contribution in [0.15, 0.2) is 0 Å². The largest absolute Gasteiger partial charge is 0.324 e. The number of rotatable bonds is 6. The lowest BCUT2D eigenvalue weighted by molar-refractivity contribution is 0.209. The van der Waals surface area contributed by atoms with Crippen LogP contribution in [0.2, 0.25) is 12.1 Å². The van der Waals surface area contributed by atoms with Gasteiger partial charge in [0.25, 0.3) is 0 Å². The van der Waals surface area contributed by atoms with Crippen molar-refractivity contribution < 1.29 is 0 Å². The van der Waals surface area contributed by atoms with E-state index in [9.17, 15) is 0 Å². The van der Waals surface area contributed by atoms with E-state index in [1.807, 2.05) is 0 Å². The number of nitrogens with zero attached hydrogens (tertiary/aromatic N) is 1. The van der Waals surface area contributed by atoms with Gasteiger partial charge in [-0.15, -0.1) is 0 Å². The second-order valence-corrected chi connectivity index (χ2v) is 8.03. The van der Waals surface area contributed by atoms with Crippen molar-refractivity contribution in [1.29, 1.82) is 0 Å². The minimum atomic E-state index is 0.0900. The van der Waals surface area contributed by atoms with E-state index >= 15 is 0 Å². The van der Waals surface area contributed by atoms with Crippen LogP contribution in [0.3, 0.4) is 0 Å². The zero-order chi connectivity index (χ0) is 11.1. The molecule has 1 atom stereocenters. The van der Waals surface area contributed by atoms with Gasteiger partial charge in [-0.3, -0.25) is 0 Å². The molecule has 0 radical (unpaired) electrons. The van der Waals surface area contributed by atoms with Crippen LogP contribution in [0.25, 0.3) is 0 Å². The lowest BCUT2D eigenvalue weighted by atomic mass is 9.95. The lowest BCUT2D eigenvalue weighted by Crippen LogP contribution is -2.44. The SMILES string of the molecule is CCC(C)N([SiH2]CC[SiH3])C1CCCCC1. The fourth-order valence-corrected chi connectivity index (χ4v) is 5.81. The first kappa shape index (κ1) is 13.5. The molecule has 0 bridgehead atoms. The normalized spacial score (nSPS) is 21.8. The first-order chi connectivity index (χ1) is 7.29. The minimum absolute atomic E-state index is 0.0900. The van der Waals surface area contributed by atoms with Gasteiger partial charge in [0.2, 0.25) is 0 Å². The van der Waals surface area contributed by atoms with Crippen molar-refractivity contribution in [2.45, 2.75) is 76.5 Å². The van der Waals surface area contributed by atoms with Crippen molar-refractivity contribution in [2.75, 3.05) is 0 Å². The van der Waals surface area contributed by atoms with Gasteiger partial charge in [-0.1, -0.05) is 45.2 Å². The van der Waals surface area contributed by atoms with Gasteiger partial charge in [-0.2, -0.15) is 0 Å². The summed E-state index contributed by atoms with van der Waals surface area (Å²) in [6, 6.07) is 4.96. The van der Waals surface area contributed by atoms with Crippen LogP contribution in [-0.4, -0.2) is 36.6 Å². The van der Waals surface area contributed by atoms with E-state index in [-0.39, 0.29) is 9.68 Å². The van der Waals surface area contributed by atoms with Crippen molar-refractivity contribution in [2.24, 2.45) is 0 Å². The molecule has 0 aromatic rings. The Bertz CT molecular complexity index is 158. The summed E-state index contributed by atoms with van der Waals surface area (Å²) in [6.45, 7) is 4.81. The molecular formula is C12H29NSi2. The Kier molecular flexibility index (Phi) is 6.85. The second kappa shape index (κ2) is 7.63. The van der Waals surface area contributed by atoms with Gasteiger partial charge >= 0.3 is 0 Å². The molecule has 0 aromatic heterocycles. The monoisotopic (exact) mass is 243 g/mol. The molecule has 0 heterocycles. The van der Waals surface area contributed by atoms with Gasteiger partial charge in [0, 0.05) is 16.3 Å². The maximum Gasteiger partial charge on any atom is 0.0954 e. The quantitative estimate of drug-likeness (QED) is 0.642. The molecule has 0 N–H and O–H groups in total. The van der Waals surface area contributed by atoms with Gasteiger partial charge in [-0.05, 0) is 25.3 Å². The standard InChI is InChI=1S/C12H29NSi2/c1-3-11(2)13(15-10-9-14)12-7-5-4-6-8-12/h11-12H,3-10,15H2,1-2,14H3. The highest BCUT2D eigenvalue weighted by Crippen LogP contribution is 2.24. The van der Waals surface area contributed by atoms with E-state index in [1.165, 1.54) is 54.8 Å². The summed E-state index contributed by atoms with van der Waals surface area (Å²) in [7, 11) is 1.50. The number of hydrogen-bond donors (Lipinski definition) is 0. The Labute approximate surface area is 101 Å². The van der Waals surface area contributed by atoms with Crippen LogP contribution < -0.4 is 0 Å². The van der Waals surface area contributed by atoms with Crippen molar-refractivity contribution >= 4 is 19.9 Å². The average molecular weight is 244 g/mol. The molecule has 3 heteroatoms. The highest BCUT2D eigenvalue weighted by molar-refractivity contribution is 6.34. The average Bonchev–Trinajstić information content (AvgIpc) is 2.30. The van der Waals surface area contributed by atoms with Gasteiger partial charge in [0.1, 0.15) is 0 Å². The van der Waals surface area contributed by atoms with E-state index in [4.69, 9.17) is 0 Å². The third kappa shape index (κ3) is 4.41. The first-order valence-corrected chi connectivity index (χ1v) is 10.1. The summed E-state index contributed by atoms with van der Waals surface area (Å²) in [5.74, 6) is 0. The number of hydrogen-bond acceptors (Lipinski definition) is 1. The zero-order valence-corrected chi connectivity index (χ0v) is 14.4. The Balaban J connectivity index is 2.45. The summed E-state index contributed by atoms with van der Waals surface area (Å²) >= 11 is 0. The first-order valence-electron chi connectivity index (χ1n) is 7.05. The van der Waals surface area contributed by atoms with Crippen LogP contribution in [0.4, 0.5) is 0 Å². The van der Waals surface area contributed by atoms with Crippen LogP contribution in [0.5, 0.6) is 0 Å². The summed E-state index contributed by atoms with van der Waals surface area (Å²) < 4.78 is 2.96. The third-order valence-electron chi connectivity index (χ3n) is 3.97. The molecule has 1 aliphatic rings. The molecule has 1 saturated carbocycles. The molecule has 0 amide bonds. The van der Waals surface area contributed by atoms with Gasteiger partial charge in [-0.25, -0.2) is 0 Å². The Hall–Kier alpha value is 0.394. The van der Waals surface area contributed by atoms with Crippen molar-refractivity contribution in [3.8, 4) is 0 Å². The molecule has 1 nitrogen and oxygen atoms in total. The molecule has 0 saturated heterocycles. The van der Waals surface area contributed by atoms with Gasteiger partial charge < -0.3 is 4.57 Å². The molecule has 1 aliphatic carbocycles. The highest BCUT2D eigenvalue weighted by Gasteiger charge is 2.23. The third-order valence-corrected chi connectivity index (χ3v) is 8.77. The highest BCUT2D eigenvalue weighted by atomic mass is 28.2. The van der Waals surface area contributed by atoms with Crippen LogP contribution in [0.1, 0.15) is 52.4 Å². The van der Waals surface area contributed by atoms with Crippen LogP contribution in [0, 0.1) is 0 Å². The van der Waals surface area contributed by atoms with Crippen molar-refractivity contribution in [1.82, 2.24) is 4.57 Å². The summed E-state index contributed by atoms with van der Waals surface area (Å²) in [4.78, 5) is 0. The smallest absolute Gasteiger partial charge is 0.0954 e. The molecule has 0 spiro atoms. The predicted octanol–water partition coefficient (Wildman–Crippen LogP) is 1.71. The lowest BCUT2D eigenvalue weighted by Gasteiger charge is -2.38. The van der Waals surface area contributed by atoms with Gasteiger partial charge in [0.15, 0.2) is 0 Å². The van der Waals surface area contributed by atoms with E-state index in [0.717, 1.165) is 12.1 Å². The van der Waals surface area contributed by atoms with E-state index < -0.39 is 0 Å². The van der Waals surface area contributed by atoms with Crippen molar-refractivity contribution in [3.63, 3.8) is 0 Å². The summed E-state index contributed by atoms with van der Waals surface area (Å²) in [5.41, 5.74) is 0. The summed E-state index contributed by atoms with van der Waals surface area (Å²) in [5, 5.41) is 0. The molecule has 1 unspecified atom stereocenters. The molecule has 0 aromatic carbocycles. The van der Waals surface area contributed by atoms with Crippen LogP contribution in [-0.2, 0) is 0 Å². The van der Waals surface area contributed by atoms with E-state index in [0.29, 0.717) is 0 Å². The molecule has 0 aliphatic heterocycles. The van der Waals surface area contributed by atoms with E-state index in [1.54, 1.807) is 6.04 Å². The predicted molar refractivity (Wildman–Crippen MR) is 76.6 cm³/mol. The zero-order valence-electron chi connectivity index (χ0n) is 11.0. The molecule has 90 valence electrons. The molecule has 1 fully saturated rings. The van der Waals surface area contributed by atoms with Crippen LogP contribution >= 0.6 is 0 Å². The van der Waals surface area contributed by atoms with Gasteiger partial charge in [0.05, 0.1) is 9.68 Å². The molecular weight excluding hydrogens is 214 g/mol. The Morgan fingerprint density at radius 1 is 1.33 bits per heavy atom. The topological polar surface area (TPSA) is 3.24 Å².